The van der Waals surface area contributed by atoms with Crippen LogP contribution in [0.15, 0.2) is 42.5 Å². The van der Waals surface area contributed by atoms with Gasteiger partial charge in [-0.1, -0.05) is 18.2 Å². The molecule has 3 atom stereocenters. The number of fused-ring (bicyclic) bond motifs is 5. The second-order valence-corrected chi connectivity index (χ2v) is 8.02. The number of benzene rings is 1. The Morgan fingerprint density at radius 3 is 2.90 bits per heavy atom. The SMILES string of the molecule is C=CC[C@@H]1CN2CCc3c([nH]c4cccc(OC)c34)[C@@H]2C[C@@H]1/C(=C\C)C(=O)OC. The van der Waals surface area contributed by atoms with Gasteiger partial charge >= 0.3 is 5.97 Å². The van der Waals surface area contributed by atoms with Crippen molar-refractivity contribution in [3.05, 3.63) is 53.8 Å². The Morgan fingerprint density at radius 2 is 2.21 bits per heavy atom. The van der Waals surface area contributed by atoms with Gasteiger partial charge in [-0.05, 0) is 55.7 Å². The highest BCUT2D eigenvalue weighted by Crippen LogP contribution is 2.47. The highest BCUT2D eigenvalue weighted by Gasteiger charge is 2.42. The minimum absolute atomic E-state index is 0.158. The number of hydrogen-bond acceptors (Lipinski definition) is 4. The molecule has 1 aromatic heterocycles. The summed E-state index contributed by atoms with van der Waals surface area (Å²) in [4.78, 5) is 18.7. The van der Waals surface area contributed by atoms with Crippen molar-refractivity contribution < 1.29 is 14.3 Å². The summed E-state index contributed by atoms with van der Waals surface area (Å²) in [5.41, 5.74) is 4.55. The Bertz CT molecular complexity index is 958. The van der Waals surface area contributed by atoms with Crippen LogP contribution >= 0.6 is 0 Å². The van der Waals surface area contributed by atoms with Crippen molar-refractivity contribution in [1.29, 1.82) is 0 Å². The molecule has 0 unspecified atom stereocenters. The Balaban J connectivity index is 1.76. The molecule has 0 bridgehead atoms. The number of aromatic nitrogens is 1. The van der Waals surface area contributed by atoms with Crippen molar-refractivity contribution in [3.8, 4) is 5.75 Å². The van der Waals surface area contributed by atoms with E-state index in [9.17, 15) is 4.79 Å². The molecule has 0 aliphatic carbocycles. The van der Waals surface area contributed by atoms with Crippen LogP contribution in [0.4, 0.5) is 0 Å². The topological polar surface area (TPSA) is 54.6 Å². The number of allylic oxidation sites excluding steroid dienone is 2. The molecule has 2 aromatic rings. The molecule has 1 aromatic carbocycles. The molecule has 0 radical (unpaired) electrons. The Hall–Kier alpha value is -2.53. The zero-order chi connectivity index (χ0) is 20.5. The Kier molecular flexibility index (Phi) is 5.50. The normalized spacial score (nSPS) is 24.7. The van der Waals surface area contributed by atoms with E-state index < -0.39 is 0 Å². The third kappa shape index (κ3) is 3.27. The van der Waals surface area contributed by atoms with Gasteiger partial charge in [0, 0.05) is 35.3 Å². The number of aromatic amines is 1. The van der Waals surface area contributed by atoms with Gasteiger partial charge in [-0.15, -0.1) is 6.58 Å². The van der Waals surface area contributed by atoms with Crippen LogP contribution in [0.1, 0.15) is 37.1 Å². The zero-order valence-electron chi connectivity index (χ0n) is 17.5. The lowest BCUT2D eigenvalue weighted by atomic mass is 9.73. The van der Waals surface area contributed by atoms with Gasteiger partial charge in [0.05, 0.1) is 20.3 Å². The number of esters is 1. The predicted molar refractivity (Wildman–Crippen MR) is 115 cm³/mol. The predicted octanol–water partition coefficient (Wildman–Crippen LogP) is 4.41. The molecular weight excluding hydrogens is 364 g/mol. The van der Waals surface area contributed by atoms with E-state index >= 15 is 0 Å². The highest BCUT2D eigenvalue weighted by molar-refractivity contribution is 5.91. The van der Waals surface area contributed by atoms with Crippen LogP contribution in [0.25, 0.3) is 10.9 Å². The van der Waals surface area contributed by atoms with Crippen molar-refractivity contribution in [2.24, 2.45) is 11.8 Å². The molecule has 0 spiro atoms. The largest absolute Gasteiger partial charge is 0.496 e. The molecule has 154 valence electrons. The van der Waals surface area contributed by atoms with Crippen LogP contribution < -0.4 is 4.74 Å². The third-order valence-corrected chi connectivity index (χ3v) is 6.68. The van der Waals surface area contributed by atoms with Crippen molar-refractivity contribution in [2.45, 2.75) is 32.2 Å². The molecule has 0 amide bonds. The van der Waals surface area contributed by atoms with E-state index in [0.29, 0.717) is 5.92 Å². The monoisotopic (exact) mass is 394 g/mol. The van der Waals surface area contributed by atoms with Crippen molar-refractivity contribution in [3.63, 3.8) is 0 Å². The number of ether oxygens (including phenoxy) is 2. The van der Waals surface area contributed by atoms with Crippen LogP contribution in [-0.4, -0.2) is 43.2 Å². The average molecular weight is 395 g/mol. The number of carbonyl (C=O) groups excluding carboxylic acids is 1. The van der Waals surface area contributed by atoms with Crippen molar-refractivity contribution in [1.82, 2.24) is 9.88 Å². The van der Waals surface area contributed by atoms with Crippen molar-refractivity contribution >= 4 is 16.9 Å². The first kappa shape index (κ1) is 19.8. The number of piperidine rings is 1. The first-order chi connectivity index (χ1) is 14.1. The summed E-state index contributed by atoms with van der Waals surface area (Å²) < 4.78 is 10.7. The summed E-state index contributed by atoms with van der Waals surface area (Å²) in [6.07, 6.45) is 6.71. The quantitative estimate of drug-likeness (QED) is 0.464. The van der Waals surface area contributed by atoms with Gasteiger partial charge in [0.25, 0.3) is 0 Å². The highest BCUT2D eigenvalue weighted by atomic mass is 16.5. The molecule has 5 nitrogen and oxygen atoms in total. The molecule has 1 fully saturated rings. The van der Waals surface area contributed by atoms with Gasteiger partial charge in [0.2, 0.25) is 0 Å². The standard InChI is InChI=1S/C24H30N2O3/c1-5-8-15-14-26-12-11-17-22-19(9-7-10-21(22)28-3)25-23(17)20(26)13-18(15)16(6-2)24(27)29-4/h5-7,9-10,15,18,20,25H,1,8,11-14H2,2-4H3/b16-6+/t15-,18+,20+/m1/s1. The number of methoxy groups -OCH3 is 2. The first-order valence-electron chi connectivity index (χ1n) is 10.4. The summed E-state index contributed by atoms with van der Waals surface area (Å²) in [7, 11) is 3.20. The van der Waals surface area contributed by atoms with Gasteiger partial charge in [-0.25, -0.2) is 4.79 Å². The number of carbonyl (C=O) groups is 1. The minimum Gasteiger partial charge on any atom is -0.496 e. The smallest absolute Gasteiger partial charge is 0.333 e. The summed E-state index contributed by atoms with van der Waals surface area (Å²) in [5.74, 6) is 1.24. The lowest BCUT2D eigenvalue weighted by Gasteiger charge is -2.46. The van der Waals surface area contributed by atoms with Gasteiger partial charge in [0.15, 0.2) is 0 Å². The number of rotatable bonds is 5. The fourth-order valence-electron chi connectivity index (χ4n) is 5.39. The molecule has 3 heterocycles. The molecule has 1 N–H and O–H groups in total. The van der Waals surface area contributed by atoms with E-state index in [1.165, 1.54) is 23.8 Å². The number of nitrogens with zero attached hydrogens (tertiary/aromatic N) is 1. The Morgan fingerprint density at radius 1 is 1.38 bits per heavy atom. The molecule has 2 aliphatic heterocycles. The van der Waals surface area contributed by atoms with Crippen molar-refractivity contribution in [2.75, 3.05) is 27.3 Å². The fraction of sp³-hybridized carbons (Fsp3) is 0.458. The van der Waals surface area contributed by atoms with E-state index in [4.69, 9.17) is 9.47 Å². The second kappa shape index (κ2) is 8.07. The van der Waals surface area contributed by atoms with Crippen LogP contribution in [0, 0.1) is 11.8 Å². The third-order valence-electron chi connectivity index (χ3n) is 6.68. The summed E-state index contributed by atoms with van der Waals surface area (Å²) in [6.45, 7) is 7.87. The van der Waals surface area contributed by atoms with E-state index in [1.807, 2.05) is 31.2 Å². The van der Waals surface area contributed by atoms with E-state index in [0.717, 1.165) is 49.2 Å². The van der Waals surface area contributed by atoms with Gasteiger partial charge in [-0.2, -0.15) is 0 Å². The zero-order valence-corrected chi connectivity index (χ0v) is 17.5. The van der Waals surface area contributed by atoms with Crippen LogP contribution in [-0.2, 0) is 16.0 Å². The van der Waals surface area contributed by atoms with Gasteiger partial charge < -0.3 is 14.5 Å². The number of hydrogen-bond donors (Lipinski definition) is 1. The van der Waals surface area contributed by atoms with Crippen LogP contribution in [0.2, 0.25) is 0 Å². The Labute approximate surface area is 172 Å². The van der Waals surface area contributed by atoms with Gasteiger partial charge in [0.1, 0.15) is 5.75 Å². The molecule has 4 rings (SSSR count). The lowest BCUT2D eigenvalue weighted by molar-refractivity contribution is -0.137. The summed E-state index contributed by atoms with van der Waals surface area (Å²) in [5, 5.41) is 1.20. The average Bonchev–Trinajstić information content (AvgIpc) is 3.13. The molecule has 29 heavy (non-hydrogen) atoms. The van der Waals surface area contributed by atoms with E-state index in [1.54, 1.807) is 7.11 Å². The maximum Gasteiger partial charge on any atom is 0.333 e. The number of H-pyrrole nitrogens is 1. The van der Waals surface area contributed by atoms with E-state index in [2.05, 4.69) is 22.5 Å². The second-order valence-electron chi connectivity index (χ2n) is 8.02. The maximum atomic E-state index is 12.5. The number of nitrogens with one attached hydrogen (secondary N) is 1. The maximum absolute atomic E-state index is 12.5. The molecule has 0 saturated carbocycles. The first-order valence-corrected chi connectivity index (χ1v) is 10.4. The van der Waals surface area contributed by atoms with E-state index in [-0.39, 0.29) is 17.9 Å². The molecule has 2 aliphatic rings. The molecule has 1 saturated heterocycles. The molecular formula is C24H30N2O3. The minimum atomic E-state index is -0.214. The van der Waals surface area contributed by atoms with Crippen LogP contribution in [0.3, 0.4) is 0 Å². The fourth-order valence-corrected chi connectivity index (χ4v) is 5.39. The van der Waals surface area contributed by atoms with Gasteiger partial charge in [-0.3, -0.25) is 4.90 Å². The summed E-state index contributed by atoms with van der Waals surface area (Å²) >= 11 is 0. The summed E-state index contributed by atoms with van der Waals surface area (Å²) in [6, 6.07) is 6.44. The van der Waals surface area contributed by atoms with Crippen LogP contribution in [0.5, 0.6) is 5.75 Å². The lowest BCUT2D eigenvalue weighted by Crippen LogP contribution is -2.47. The molecule has 5 heteroatoms.